The molecule has 2 N–H and O–H groups in total. The van der Waals surface area contributed by atoms with Crippen molar-refractivity contribution in [2.45, 2.75) is 6.61 Å². The molecule has 0 unspecified atom stereocenters. The lowest BCUT2D eigenvalue weighted by Crippen LogP contribution is -1.97. The SMILES string of the molecule is Nc1cc(OCc2cccc3ccccc23)ccc1Br. The number of nitrogens with two attached hydrogens (primary N) is 1. The zero-order valence-corrected chi connectivity index (χ0v) is 12.4. The summed E-state index contributed by atoms with van der Waals surface area (Å²) in [5.41, 5.74) is 7.71. The number of benzene rings is 3. The van der Waals surface area contributed by atoms with Gasteiger partial charge in [0.2, 0.25) is 0 Å². The molecule has 0 radical (unpaired) electrons. The van der Waals surface area contributed by atoms with Crippen LogP contribution in [0.4, 0.5) is 5.69 Å². The number of halogens is 1. The maximum atomic E-state index is 5.85. The van der Waals surface area contributed by atoms with Crippen LogP contribution in [0.5, 0.6) is 5.75 Å². The number of hydrogen-bond acceptors (Lipinski definition) is 2. The first kappa shape index (κ1) is 13.0. The van der Waals surface area contributed by atoms with Crippen LogP contribution in [0.2, 0.25) is 0 Å². The molecule has 0 spiro atoms. The zero-order valence-electron chi connectivity index (χ0n) is 10.8. The van der Waals surface area contributed by atoms with Gasteiger partial charge in [-0.25, -0.2) is 0 Å². The van der Waals surface area contributed by atoms with Gasteiger partial charge in [0.05, 0.1) is 0 Å². The van der Waals surface area contributed by atoms with E-state index in [-0.39, 0.29) is 0 Å². The first-order valence-electron chi connectivity index (χ1n) is 6.38. The molecule has 100 valence electrons. The van der Waals surface area contributed by atoms with Crippen molar-refractivity contribution in [2.24, 2.45) is 0 Å². The standard InChI is InChI=1S/C17H14BrNO/c18-16-9-8-14(10-17(16)19)20-11-13-6-3-5-12-4-1-2-7-15(12)13/h1-10H,11,19H2. The van der Waals surface area contributed by atoms with E-state index in [1.165, 1.54) is 16.3 Å². The van der Waals surface area contributed by atoms with E-state index in [0.29, 0.717) is 12.3 Å². The van der Waals surface area contributed by atoms with Crippen LogP contribution in [-0.2, 0) is 6.61 Å². The Morgan fingerprint density at radius 2 is 1.75 bits per heavy atom. The summed E-state index contributed by atoms with van der Waals surface area (Å²) >= 11 is 3.38. The lowest BCUT2D eigenvalue weighted by molar-refractivity contribution is 0.308. The van der Waals surface area contributed by atoms with E-state index in [9.17, 15) is 0 Å². The van der Waals surface area contributed by atoms with Crippen LogP contribution in [0.1, 0.15) is 5.56 Å². The molecule has 3 rings (SSSR count). The molecule has 0 aliphatic carbocycles. The molecule has 3 aromatic carbocycles. The Bertz CT molecular complexity index is 750. The fourth-order valence-electron chi connectivity index (χ4n) is 2.19. The first-order valence-corrected chi connectivity index (χ1v) is 7.18. The molecule has 3 heteroatoms. The summed E-state index contributed by atoms with van der Waals surface area (Å²) in [5.74, 6) is 0.777. The Hall–Kier alpha value is -2.00. The van der Waals surface area contributed by atoms with Crippen LogP contribution in [0.25, 0.3) is 10.8 Å². The maximum Gasteiger partial charge on any atom is 0.121 e. The Morgan fingerprint density at radius 3 is 2.60 bits per heavy atom. The van der Waals surface area contributed by atoms with E-state index < -0.39 is 0 Å². The van der Waals surface area contributed by atoms with Gasteiger partial charge in [-0.3, -0.25) is 0 Å². The molecule has 0 bridgehead atoms. The second-order valence-electron chi connectivity index (χ2n) is 4.61. The highest BCUT2D eigenvalue weighted by Gasteiger charge is 2.03. The van der Waals surface area contributed by atoms with Crippen LogP contribution in [-0.4, -0.2) is 0 Å². The largest absolute Gasteiger partial charge is 0.489 e. The third kappa shape index (κ3) is 2.63. The van der Waals surface area contributed by atoms with E-state index in [0.717, 1.165) is 10.2 Å². The smallest absolute Gasteiger partial charge is 0.121 e. The third-order valence-electron chi connectivity index (χ3n) is 3.24. The molecule has 0 heterocycles. The molecule has 0 saturated heterocycles. The maximum absolute atomic E-state index is 5.85. The van der Waals surface area contributed by atoms with E-state index in [4.69, 9.17) is 10.5 Å². The van der Waals surface area contributed by atoms with Gasteiger partial charge >= 0.3 is 0 Å². The zero-order chi connectivity index (χ0) is 13.9. The monoisotopic (exact) mass is 327 g/mol. The van der Waals surface area contributed by atoms with Crippen molar-refractivity contribution in [2.75, 3.05) is 5.73 Å². The average molecular weight is 328 g/mol. The molecule has 3 aromatic rings. The summed E-state index contributed by atoms with van der Waals surface area (Å²) in [4.78, 5) is 0. The number of fused-ring (bicyclic) bond motifs is 1. The van der Waals surface area contributed by atoms with Gasteiger partial charge in [0, 0.05) is 16.2 Å². The minimum Gasteiger partial charge on any atom is -0.489 e. The predicted molar refractivity (Wildman–Crippen MR) is 86.8 cm³/mol. The van der Waals surface area contributed by atoms with E-state index in [1.807, 2.05) is 30.3 Å². The fourth-order valence-corrected chi connectivity index (χ4v) is 2.44. The van der Waals surface area contributed by atoms with Gasteiger partial charge < -0.3 is 10.5 Å². The highest BCUT2D eigenvalue weighted by atomic mass is 79.9. The van der Waals surface area contributed by atoms with E-state index in [1.54, 1.807) is 0 Å². The number of hydrogen-bond donors (Lipinski definition) is 1. The number of ether oxygens (including phenoxy) is 1. The Balaban J connectivity index is 1.85. The Kier molecular flexibility index (Phi) is 3.61. The van der Waals surface area contributed by atoms with Crippen LogP contribution in [0.3, 0.4) is 0 Å². The Labute approximate surface area is 126 Å². The summed E-state index contributed by atoms with van der Waals surface area (Å²) in [6.07, 6.45) is 0. The molecule has 0 amide bonds. The third-order valence-corrected chi connectivity index (χ3v) is 3.96. The number of nitrogen functional groups attached to an aromatic ring is 1. The second-order valence-corrected chi connectivity index (χ2v) is 5.46. The van der Waals surface area contributed by atoms with E-state index >= 15 is 0 Å². The normalized spacial score (nSPS) is 10.7. The molecular weight excluding hydrogens is 314 g/mol. The van der Waals surface area contributed by atoms with Crippen molar-refractivity contribution in [3.63, 3.8) is 0 Å². The predicted octanol–water partition coefficient (Wildman–Crippen LogP) is 4.76. The lowest BCUT2D eigenvalue weighted by atomic mass is 10.1. The summed E-state index contributed by atoms with van der Waals surface area (Å²) in [7, 11) is 0. The van der Waals surface area contributed by atoms with Crippen LogP contribution >= 0.6 is 15.9 Å². The molecule has 0 aliphatic rings. The van der Waals surface area contributed by atoms with Gasteiger partial charge in [-0.15, -0.1) is 0 Å². The van der Waals surface area contributed by atoms with Crippen molar-refractivity contribution >= 4 is 32.4 Å². The quantitative estimate of drug-likeness (QED) is 0.703. The number of anilines is 1. The molecule has 0 aliphatic heterocycles. The fraction of sp³-hybridized carbons (Fsp3) is 0.0588. The number of rotatable bonds is 3. The minimum absolute atomic E-state index is 0.530. The van der Waals surface area contributed by atoms with Gasteiger partial charge in [0.15, 0.2) is 0 Å². The average Bonchev–Trinajstić information content (AvgIpc) is 2.48. The van der Waals surface area contributed by atoms with Crippen LogP contribution < -0.4 is 10.5 Å². The molecule has 2 nitrogen and oxygen atoms in total. The summed E-state index contributed by atoms with van der Waals surface area (Å²) < 4.78 is 6.72. The van der Waals surface area contributed by atoms with Crippen molar-refractivity contribution in [3.8, 4) is 5.75 Å². The van der Waals surface area contributed by atoms with Gasteiger partial charge in [0.1, 0.15) is 12.4 Å². The highest BCUT2D eigenvalue weighted by molar-refractivity contribution is 9.10. The van der Waals surface area contributed by atoms with Gasteiger partial charge in [-0.2, -0.15) is 0 Å². The minimum atomic E-state index is 0.530. The second kappa shape index (κ2) is 5.55. The molecule has 0 fully saturated rings. The van der Waals surface area contributed by atoms with Crippen LogP contribution in [0.15, 0.2) is 65.1 Å². The lowest BCUT2D eigenvalue weighted by Gasteiger charge is -2.10. The van der Waals surface area contributed by atoms with Gasteiger partial charge in [-0.05, 0) is 44.4 Å². The highest BCUT2D eigenvalue weighted by Crippen LogP contribution is 2.26. The van der Waals surface area contributed by atoms with Gasteiger partial charge in [-0.1, -0.05) is 42.5 Å². The van der Waals surface area contributed by atoms with Crippen LogP contribution in [0, 0.1) is 0 Å². The summed E-state index contributed by atoms with van der Waals surface area (Å²) in [6.45, 7) is 0.530. The first-order chi connectivity index (χ1) is 9.74. The molecule has 0 saturated carbocycles. The molecule has 20 heavy (non-hydrogen) atoms. The van der Waals surface area contributed by atoms with Gasteiger partial charge in [0.25, 0.3) is 0 Å². The molecule has 0 aromatic heterocycles. The van der Waals surface area contributed by atoms with Crippen molar-refractivity contribution in [3.05, 3.63) is 70.7 Å². The van der Waals surface area contributed by atoms with Crippen molar-refractivity contribution < 1.29 is 4.74 Å². The van der Waals surface area contributed by atoms with Crippen molar-refractivity contribution in [1.82, 2.24) is 0 Å². The van der Waals surface area contributed by atoms with Crippen molar-refractivity contribution in [1.29, 1.82) is 0 Å². The summed E-state index contributed by atoms with van der Waals surface area (Å²) in [6, 6.07) is 20.2. The molecule has 0 atom stereocenters. The topological polar surface area (TPSA) is 35.2 Å². The Morgan fingerprint density at radius 1 is 0.950 bits per heavy atom. The van der Waals surface area contributed by atoms with E-state index in [2.05, 4.69) is 46.3 Å². The summed E-state index contributed by atoms with van der Waals surface area (Å²) in [5, 5.41) is 2.45. The molecular formula is C17H14BrNO.